The summed E-state index contributed by atoms with van der Waals surface area (Å²) in [6, 6.07) is 1.82. The van der Waals surface area contributed by atoms with E-state index in [0.717, 1.165) is 0 Å². The number of pyridine rings is 1. The number of nitriles is 1. The van der Waals surface area contributed by atoms with Crippen molar-refractivity contribution in [3.63, 3.8) is 0 Å². The number of anilines is 2. The lowest BCUT2D eigenvalue weighted by Crippen LogP contribution is -2.01. The van der Waals surface area contributed by atoms with Crippen LogP contribution in [0.15, 0.2) is 4.63 Å². The zero-order valence-corrected chi connectivity index (χ0v) is 6.35. The Kier molecular flexibility index (Phi) is 1.30. The second-order valence-corrected chi connectivity index (χ2v) is 2.33. The molecule has 0 radical (unpaired) electrons. The van der Waals surface area contributed by atoms with Crippen molar-refractivity contribution < 1.29 is 4.63 Å². The summed E-state index contributed by atoms with van der Waals surface area (Å²) in [6.45, 7) is 0. The summed E-state index contributed by atoms with van der Waals surface area (Å²) in [6.07, 6.45) is 0. The van der Waals surface area contributed by atoms with E-state index in [1.807, 2.05) is 6.07 Å². The maximum Gasteiger partial charge on any atom is 0.228 e. The molecule has 13 heavy (non-hydrogen) atoms. The van der Waals surface area contributed by atoms with Gasteiger partial charge in [0.2, 0.25) is 5.65 Å². The van der Waals surface area contributed by atoms with E-state index >= 15 is 0 Å². The average molecular weight is 176 g/mol. The first-order valence-electron chi connectivity index (χ1n) is 3.31. The van der Waals surface area contributed by atoms with Crippen molar-refractivity contribution in [2.75, 3.05) is 11.5 Å². The molecule has 0 bridgehead atoms. The molecule has 0 unspecified atom stereocenters. The maximum absolute atomic E-state index is 8.67. The molecule has 0 aliphatic rings. The van der Waals surface area contributed by atoms with Crippen molar-refractivity contribution >= 4 is 22.7 Å². The Balaban J connectivity index is 2.95. The van der Waals surface area contributed by atoms with Crippen molar-refractivity contribution in [2.24, 2.45) is 0 Å². The quantitative estimate of drug-likeness (QED) is 0.561. The van der Waals surface area contributed by atoms with Gasteiger partial charge in [-0.2, -0.15) is 5.26 Å². The molecule has 64 valence electrons. The normalized spacial score (nSPS) is 10.1. The van der Waals surface area contributed by atoms with Crippen LogP contribution in [-0.2, 0) is 0 Å². The van der Waals surface area contributed by atoms with Gasteiger partial charge in [0.05, 0.1) is 5.69 Å². The second-order valence-electron chi connectivity index (χ2n) is 2.33. The molecule has 0 spiro atoms. The summed E-state index contributed by atoms with van der Waals surface area (Å²) in [4.78, 5) is 3.78. The summed E-state index contributed by atoms with van der Waals surface area (Å²) in [5, 5.41) is 15.6. The third-order valence-electron chi connectivity index (χ3n) is 1.59. The lowest BCUT2D eigenvalue weighted by Gasteiger charge is -1.98. The first-order valence-corrected chi connectivity index (χ1v) is 3.31. The van der Waals surface area contributed by atoms with Crippen LogP contribution in [0.5, 0.6) is 0 Å². The molecule has 0 fully saturated rings. The molecule has 7 nitrogen and oxygen atoms in total. The molecule has 0 amide bonds. The fraction of sp³-hybridized carbons (Fsp3) is 0. The first kappa shape index (κ1) is 7.30. The average Bonchev–Trinajstić information content (AvgIpc) is 2.53. The summed E-state index contributed by atoms with van der Waals surface area (Å²) >= 11 is 0. The summed E-state index contributed by atoms with van der Waals surface area (Å²) in [5.41, 5.74) is 11.7. The number of aromatic nitrogens is 3. The van der Waals surface area contributed by atoms with E-state index in [1.165, 1.54) is 0 Å². The van der Waals surface area contributed by atoms with Crippen molar-refractivity contribution in [3.05, 3.63) is 5.56 Å². The molecule has 2 rings (SSSR count). The molecule has 2 aromatic rings. The van der Waals surface area contributed by atoms with Crippen LogP contribution in [0.25, 0.3) is 11.2 Å². The lowest BCUT2D eigenvalue weighted by atomic mass is 10.2. The van der Waals surface area contributed by atoms with E-state index in [2.05, 4.69) is 19.9 Å². The number of hydrogen-bond acceptors (Lipinski definition) is 7. The van der Waals surface area contributed by atoms with Crippen LogP contribution in [0.1, 0.15) is 5.56 Å². The van der Waals surface area contributed by atoms with Crippen LogP contribution in [-0.4, -0.2) is 15.3 Å². The van der Waals surface area contributed by atoms with Crippen LogP contribution in [0.3, 0.4) is 0 Å². The van der Waals surface area contributed by atoms with Gasteiger partial charge in [0.15, 0.2) is 5.52 Å². The van der Waals surface area contributed by atoms with Gasteiger partial charge in [0.25, 0.3) is 0 Å². The lowest BCUT2D eigenvalue weighted by molar-refractivity contribution is 0.315. The van der Waals surface area contributed by atoms with Gasteiger partial charge in [0.1, 0.15) is 17.5 Å². The topological polar surface area (TPSA) is 128 Å². The number of nitrogen functional groups attached to an aromatic ring is 2. The number of nitrogens with zero attached hydrogens (tertiary/aromatic N) is 4. The fourth-order valence-electron chi connectivity index (χ4n) is 0.971. The summed E-state index contributed by atoms with van der Waals surface area (Å²) in [5.74, 6) is 0.0307. The zero-order valence-electron chi connectivity index (χ0n) is 6.35. The minimum Gasteiger partial charge on any atom is -0.396 e. The van der Waals surface area contributed by atoms with Crippen molar-refractivity contribution in [2.45, 2.75) is 0 Å². The first-order chi connectivity index (χ1) is 6.24. The molecule has 0 saturated carbocycles. The van der Waals surface area contributed by atoms with Crippen molar-refractivity contribution in [3.8, 4) is 6.07 Å². The summed E-state index contributed by atoms with van der Waals surface area (Å²) in [7, 11) is 0. The molecule has 0 saturated heterocycles. The SMILES string of the molecule is N#Cc1c(N)nc2nonc2c1N. The standard InChI is InChI=1S/C6H4N6O/c7-1-2-3(8)4-6(10-5(2)9)12-13-11-4/h8H2,(H2,9,10,12). The maximum atomic E-state index is 8.67. The number of fused-ring (bicyclic) bond motifs is 1. The third kappa shape index (κ3) is 0.856. The Morgan fingerprint density at radius 2 is 2.08 bits per heavy atom. The fourth-order valence-corrected chi connectivity index (χ4v) is 0.971. The Hall–Kier alpha value is -2.36. The summed E-state index contributed by atoms with van der Waals surface area (Å²) < 4.78 is 4.39. The van der Waals surface area contributed by atoms with Crippen LogP contribution in [0.2, 0.25) is 0 Å². The molecular formula is C6H4N6O. The van der Waals surface area contributed by atoms with Crippen LogP contribution < -0.4 is 11.5 Å². The van der Waals surface area contributed by atoms with Gasteiger partial charge in [-0.1, -0.05) is 0 Å². The largest absolute Gasteiger partial charge is 0.396 e. The highest BCUT2D eigenvalue weighted by Gasteiger charge is 2.13. The van der Waals surface area contributed by atoms with E-state index in [-0.39, 0.29) is 28.2 Å². The van der Waals surface area contributed by atoms with Gasteiger partial charge in [0, 0.05) is 0 Å². The smallest absolute Gasteiger partial charge is 0.228 e. The van der Waals surface area contributed by atoms with Gasteiger partial charge in [-0.15, -0.1) is 0 Å². The second kappa shape index (κ2) is 2.31. The van der Waals surface area contributed by atoms with Crippen molar-refractivity contribution in [1.29, 1.82) is 5.26 Å². The minimum atomic E-state index is 0.0307. The molecular weight excluding hydrogens is 172 g/mol. The van der Waals surface area contributed by atoms with Crippen LogP contribution in [0.4, 0.5) is 11.5 Å². The molecule has 2 aromatic heterocycles. The van der Waals surface area contributed by atoms with Gasteiger partial charge >= 0.3 is 0 Å². The number of nitrogens with two attached hydrogens (primary N) is 2. The van der Waals surface area contributed by atoms with E-state index < -0.39 is 0 Å². The molecule has 2 heterocycles. The number of hydrogen-bond donors (Lipinski definition) is 2. The van der Waals surface area contributed by atoms with E-state index in [9.17, 15) is 0 Å². The predicted octanol–water partition coefficient (Wildman–Crippen LogP) is -0.346. The predicted molar refractivity (Wildman–Crippen MR) is 43.1 cm³/mol. The van der Waals surface area contributed by atoms with Crippen LogP contribution >= 0.6 is 0 Å². The van der Waals surface area contributed by atoms with Gasteiger partial charge in [-0.3, -0.25) is 0 Å². The Morgan fingerprint density at radius 1 is 1.31 bits per heavy atom. The molecule has 0 aromatic carbocycles. The Morgan fingerprint density at radius 3 is 2.77 bits per heavy atom. The Labute approximate surface area is 71.9 Å². The molecule has 7 heteroatoms. The van der Waals surface area contributed by atoms with E-state index in [4.69, 9.17) is 16.7 Å². The molecule has 0 atom stereocenters. The van der Waals surface area contributed by atoms with E-state index in [1.54, 1.807) is 0 Å². The van der Waals surface area contributed by atoms with Crippen LogP contribution in [0, 0.1) is 11.3 Å². The molecule has 0 aliphatic carbocycles. The minimum absolute atomic E-state index is 0.0307. The zero-order chi connectivity index (χ0) is 9.42. The highest BCUT2D eigenvalue weighted by Crippen LogP contribution is 2.23. The third-order valence-corrected chi connectivity index (χ3v) is 1.59. The highest BCUT2D eigenvalue weighted by atomic mass is 16.6. The van der Waals surface area contributed by atoms with Gasteiger partial charge < -0.3 is 11.5 Å². The van der Waals surface area contributed by atoms with Gasteiger partial charge in [-0.05, 0) is 10.3 Å². The van der Waals surface area contributed by atoms with E-state index in [0.29, 0.717) is 0 Å². The monoisotopic (exact) mass is 176 g/mol. The highest BCUT2D eigenvalue weighted by molar-refractivity contribution is 5.89. The van der Waals surface area contributed by atoms with Crippen molar-refractivity contribution in [1.82, 2.24) is 15.3 Å². The number of rotatable bonds is 0. The van der Waals surface area contributed by atoms with Gasteiger partial charge in [-0.25, -0.2) is 9.61 Å². The molecule has 0 aliphatic heterocycles. The molecule has 4 N–H and O–H groups in total. The Bertz CT molecular complexity index is 510.